The third-order valence-electron chi connectivity index (χ3n) is 6.11. The SMILES string of the molecule is CCC(O)(c1cn(Cc2ccc3c(-c4ccc(F)cc4)cc(C(C)OC)nc3c2)nn1)C(F)(F)F. The van der Waals surface area contributed by atoms with Gasteiger partial charge in [0.25, 0.3) is 0 Å². The standard InChI is InChI=1S/C25H24F4N4O2/c1-4-24(34,25(27,28)29)23-14-33(32-31-23)13-16-5-10-19-20(17-6-8-18(26)9-7-17)12-21(15(2)35-3)30-22(19)11-16/h5-12,14-15,34H,4,13H2,1-3H3. The second kappa shape index (κ2) is 9.35. The number of halogens is 4. The summed E-state index contributed by atoms with van der Waals surface area (Å²) in [5.74, 6) is -0.340. The molecule has 0 amide bonds. The molecule has 184 valence electrons. The smallest absolute Gasteiger partial charge is 0.375 e. The van der Waals surface area contributed by atoms with E-state index in [2.05, 4.69) is 10.3 Å². The fourth-order valence-electron chi connectivity index (χ4n) is 3.87. The number of methoxy groups -OCH3 is 1. The molecule has 4 rings (SSSR count). The van der Waals surface area contributed by atoms with Crippen LogP contribution in [0.5, 0.6) is 0 Å². The van der Waals surface area contributed by atoms with Crippen molar-refractivity contribution in [2.45, 2.75) is 44.7 Å². The Kier molecular flexibility index (Phi) is 6.61. The number of aromatic nitrogens is 4. The van der Waals surface area contributed by atoms with E-state index in [1.54, 1.807) is 19.2 Å². The molecule has 0 fully saturated rings. The molecule has 0 bridgehead atoms. The van der Waals surface area contributed by atoms with E-state index in [9.17, 15) is 22.7 Å². The summed E-state index contributed by atoms with van der Waals surface area (Å²) in [6, 6.07) is 13.5. The zero-order valence-corrected chi connectivity index (χ0v) is 19.3. The third kappa shape index (κ3) is 4.76. The average Bonchev–Trinajstić information content (AvgIpc) is 3.30. The molecular weight excluding hydrogens is 464 g/mol. The van der Waals surface area contributed by atoms with Crippen LogP contribution in [-0.4, -0.2) is 38.4 Å². The topological polar surface area (TPSA) is 73.1 Å². The average molecular weight is 488 g/mol. The summed E-state index contributed by atoms with van der Waals surface area (Å²) in [5, 5.41) is 18.3. The lowest BCUT2D eigenvalue weighted by atomic mass is 9.96. The maximum absolute atomic E-state index is 13.5. The summed E-state index contributed by atoms with van der Waals surface area (Å²) in [5.41, 5.74) is 0.0825. The molecule has 2 unspecified atom stereocenters. The van der Waals surface area contributed by atoms with E-state index in [1.807, 2.05) is 31.2 Å². The fourth-order valence-corrected chi connectivity index (χ4v) is 3.87. The van der Waals surface area contributed by atoms with Gasteiger partial charge in [0.1, 0.15) is 11.5 Å². The van der Waals surface area contributed by atoms with Gasteiger partial charge in [-0.2, -0.15) is 13.2 Å². The van der Waals surface area contributed by atoms with Crippen molar-refractivity contribution in [3.05, 3.63) is 77.5 Å². The van der Waals surface area contributed by atoms with Crippen molar-refractivity contribution < 1.29 is 27.4 Å². The van der Waals surface area contributed by atoms with Crippen molar-refractivity contribution in [3.8, 4) is 11.1 Å². The lowest BCUT2D eigenvalue weighted by Gasteiger charge is -2.26. The second-order valence-corrected chi connectivity index (χ2v) is 8.34. The van der Waals surface area contributed by atoms with Crippen molar-refractivity contribution in [2.75, 3.05) is 7.11 Å². The Balaban J connectivity index is 1.73. The Morgan fingerprint density at radius 1 is 1.09 bits per heavy atom. The highest BCUT2D eigenvalue weighted by atomic mass is 19.4. The lowest BCUT2D eigenvalue weighted by Crippen LogP contribution is -2.42. The molecule has 0 aliphatic rings. The van der Waals surface area contributed by atoms with E-state index in [0.29, 0.717) is 11.2 Å². The number of hydrogen-bond acceptors (Lipinski definition) is 5. The normalized spacial score (nSPS) is 14.7. The molecule has 1 N–H and O–H groups in total. The van der Waals surface area contributed by atoms with E-state index < -0.39 is 23.9 Å². The molecule has 2 atom stereocenters. The van der Waals surface area contributed by atoms with Crippen molar-refractivity contribution in [1.29, 1.82) is 0 Å². The Hall–Kier alpha value is -3.37. The lowest BCUT2D eigenvalue weighted by molar-refractivity contribution is -0.269. The van der Waals surface area contributed by atoms with Crippen LogP contribution in [0.15, 0.2) is 54.7 Å². The Morgan fingerprint density at radius 2 is 1.80 bits per heavy atom. The molecule has 0 saturated heterocycles. The van der Waals surface area contributed by atoms with Crippen LogP contribution in [0.1, 0.15) is 43.3 Å². The summed E-state index contributed by atoms with van der Waals surface area (Å²) >= 11 is 0. The number of aliphatic hydroxyl groups is 1. The number of fused-ring (bicyclic) bond motifs is 1. The minimum Gasteiger partial charge on any atom is -0.375 e. The van der Waals surface area contributed by atoms with Crippen LogP contribution in [0.4, 0.5) is 17.6 Å². The summed E-state index contributed by atoms with van der Waals surface area (Å²) < 4.78 is 60.3. The molecule has 0 spiro atoms. The van der Waals surface area contributed by atoms with Gasteiger partial charge >= 0.3 is 6.18 Å². The Labute approximate surface area is 199 Å². The summed E-state index contributed by atoms with van der Waals surface area (Å²) in [6.45, 7) is 3.22. The highest BCUT2D eigenvalue weighted by Gasteiger charge is 2.55. The number of rotatable bonds is 7. The van der Waals surface area contributed by atoms with Crippen LogP contribution in [0.3, 0.4) is 0 Å². The maximum Gasteiger partial charge on any atom is 0.423 e. The number of alkyl halides is 3. The van der Waals surface area contributed by atoms with Crippen LogP contribution in [0.2, 0.25) is 0 Å². The molecule has 2 heterocycles. The van der Waals surface area contributed by atoms with Gasteiger partial charge in [0.05, 0.1) is 30.1 Å². The van der Waals surface area contributed by atoms with E-state index >= 15 is 0 Å². The summed E-state index contributed by atoms with van der Waals surface area (Å²) in [7, 11) is 1.57. The largest absolute Gasteiger partial charge is 0.423 e. The number of pyridine rings is 1. The van der Waals surface area contributed by atoms with Crippen molar-refractivity contribution >= 4 is 10.9 Å². The number of nitrogens with zero attached hydrogens (tertiary/aromatic N) is 4. The molecule has 0 aliphatic carbocycles. The van der Waals surface area contributed by atoms with Gasteiger partial charge in [0.15, 0.2) is 0 Å². The molecule has 2 aromatic heterocycles. The van der Waals surface area contributed by atoms with Crippen molar-refractivity contribution in [1.82, 2.24) is 20.0 Å². The summed E-state index contributed by atoms with van der Waals surface area (Å²) in [6.07, 6.45) is -4.65. The zero-order chi connectivity index (χ0) is 25.4. The van der Waals surface area contributed by atoms with Gasteiger partial charge in [-0.3, -0.25) is 4.98 Å². The molecule has 35 heavy (non-hydrogen) atoms. The van der Waals surface area contributed by atoms with Gasteiger partial charge in [-0.1, -0.05) is 36.4 Å². The molecule has 0 saturated carbocycles. The molecule has 0 radical (unpaired) electrons. The van der Waals surface area contributed by atoms with Gasteiger partial charge in [0.2, 0.25) is 5.60 Å². The Bertz CT molecular complexity index is 1340. The van der Waals surface area contributed by atoms with E-state index in [1.165, 1.54) is 23.7 Å². The van der Waals surface area contributed by atoms with E-state index in [4.69, 9.17) is 9.72 Å². The Morgan fingerprint density at radius 3 is 2.43 bits per heavy atom. The number of hydrogen-bond donors (Lipinski definition) is 1. The fraction of sp³-hybridized carbons (Fsp3) is 0.320. The molecule has 4 aromatic rings. The monoisotopic (exact) mass is 488 g/mol. The molecule has 2 aromatic carbocycles. The zero-order valence-electron chi connectivity index (χ0n) is 19.3. The van der Waals surface area contributed by atoms with Crippen LogP contribution in [0.25, 0.3) is 22.0 Å². The highest BCUT2D eigenvalue weighted by Crippen LogP contribution is 2.40. The van der Waals surface area contributed by atoms with Gasteiger partial charge in [-0.25, -0.2) is 9.07 Å². The van der Waals surface area contributed by atoms with E-state index in [0.717, 1.165) is 28.3 Å². The number of ether oxygens (including phenoxy) is 1. The second-order valence-electron chi connectivity index (χ2n) is 8.34. The minimum atomic E-state index is -4.87. The van der Waals surface area contributed by atoms with Crippen LogP contribution in [-0.2, 0) is 16.9 Å². The molecular formula is C25H24F4N4O2. The van der Waals surface area contributed by atoms with Gasteiger partial charge < -0.3 is 9.84 Å². The first-order chi connectivity index (χ1) is 16.6. The quantitative estimate of drug-likeness (QED) is 0.346. The highest BCUT2D eigenvalue weighted by molar-refractivity contribution is 5.95. The van der Waals surface area contributed by atoms with Crippen LogP contribution < -0.4 is 0 Å². The number of benzene rings is 2. The molecule has 10 heteroatoms. The molecule has 0 aliphatic heterocycles. The molecule has 6 nitrogen and oxygen atoms in total. The predicted molar refractivity (Wildman–Crippen MR) is 122 cm³/mol. The minimum absolute atomic E-state index is 0.123. The van der Waals surface area contributed by atoms with Crippen molar-refractivity contribution in [2.24, 2.45) is 0 Å². The van der Waals surface area contributed by atoms with E-state index in [-0.39, 0.29) is 18.5 Å². The predicted octanol–water partition coefficient (Wildman–Crippen LogP) is 5.55. The van der Waals surface area contributed by atoms with Crippen LogP contribution in [0, 0.1) is 5.82 Å². The van der Waals surface area contributed by atoms with Gasteiger partial charge in [-0.15, -0.1) is 5.10 Å². The van der Waals surface area contributed by atoms with Gasteiger partial charge in [-0.05, 0) is 54.3 Å². The first kappa shape index (κ1) is 24.7. The van der Waals surface area contributed by atoms with Crippen LogP contribution >= 0.6 is 0 Å². The first-order valence-electron chi connectivity index (χ1n) is 11.0. The van der Waals surface area contributed by atoms with Crippen molar-refractivity contribution in [3.63, 3.8) is 0 Å². The summed E-state index contributed by atoms with van der Waals surface area (Å²) in [4.78, 5) is 4.71. The van der Waals surface area contributed by atoms with Gasteiger partial charge in [0, 0.05) is 12.5 Å². The first-order valence-corrected chi connectivity index (χ1v) is 11.0. The third-order valence-corrected chi connectivity index (χ3v) is 6.11. The maximum atomic E-state index is 13.5.